The molecule has 4 aromatic rings. The monoisotopic (exact) mass is 588 g/mol. The molecule has 2 aromatic carbocycles. The van der Waals surface area contributed by atoms with E-state index in [1.165, 1.54) is 4.90 Å². The Morgan fingerprint density at radius 3 is 2.52 bits per heavy atom. The molecule has 40 heavy (non-hydrogen) atoms. The lowest BCUT2D eigenvalue weighted by atomic mass is 10.2. The molecule has 3 atom stereocenters. The third kappa shape index (κ3) is 6.74. The number of nitrogens with zero attached hydrogens (tertiary/aromatic N) is 4. The zero-order valence-corrected chi connectivity index (χ0v) is 24.8. The third-order valence-electron chi connectivity index (χ3n) is 6.09. The van der Waals surface area contributed by atoms with Crippen LogP contribution >= 0.6 is 19.3 Å². The van der Waals surface area contributed by atoms with Crippen molar-refractivity contribution in [1.29, 1.82) is 0 Å². The molecular weight excluding hydrogens is 555 g/mol. The molecule has 0 aliphatic rings. The summed E-state index contributed by atoms with van der Waals surface area (Å²) >= 11 is 6.00. The number of carbonyl (C=O) groups is 1. The van der Waals surface area contributed by atoms with Crippen molar-refractivity contribution in [1.82, 2.24) is 24.5 Å². The number of nitrogens with one attached hydrogen (secondary N) is 1. The van der Waals surface area contributed by atoms with Gasteiger partial charge in [0.2, 0.25) is 5.91 Å². The fourth-order valence-corrected chi connectivity index (χ4v) is 6.13. The number of likely N-dealkylation sites (N-methyl/N-ethyl adjacent to an activating group) is 1. The van der Waals surface area contributed by atoms with Gasteiger partial charge in [0.05, 0.1) is 29.7 Å². The summed E-state index contributed by atoms with van der Waals surface area (Å²) in [5, 5.41) is 4.14. The van der Waals surface area contributed by atoms with Gasteiger partial charge < -0.3 is 24.5 Å². The minimum Gasteiger partial charge on any atom is -0.413 e. The summed E-state index contributed by atoms with van der Waals surface area (Å²) in [6.07, 6.45) is -0.668. The first-order valence-corrected chi connectivity index (χ1v) is 14.8. The molecule has 0 fully saturated rings. The molecule has 0 spiro atoms. The number of imidazole rings is 1. The van der Waals surface area contributed by atoms with E-state index in [4.69, 9.17) is 36.1 Å². The second-order valence-corrected chi connectivity index (χ2v) is 11.6. The summed E-state index contributed by atoms with van der Waals surface area (Å²) in [4.78, 5) is 23.2. The highest BCUT2D eigenvalue weighted by atomic mass is 35.5. The minimum absolute atomic E-state index is 0.233. The first-order valence-electron chi connectivity index (χ1n) is 12.8. The predicted molar refractivity (Wildman–Crippen MR) is 156 cm³/mol. The van der Waals surface area contributed by atoms with Crippen LogP contribution in [0.2, 0.25) is 5.02 Å². The maximum absolute atomic E-state index is 14.1. The zero-order valence-electron chi connectivity index (χ0n) is 23.1. The van der Waals surface area contributed by atoms with E-state index in [9.17, 15) is 9.36 Å². The molecule has 0 saturated carbocycles. The van der Waals surface area contributed by atoms with Crippen molar-refractivity contribution in [2.45, 2.75) is 46.1 Å². The average Bonchev–Trinajstić information content (AvgIpc) is 3.26. The molecule has 0 aliphatic carbocycles. The van der Waals surface area contributed by atoms with Crippen molar-refractivity contribution in [3.05, 3.63) is 59.4 Å². The summed E-state index contributed by atoms with van der Waals surface area (Å²) in [6.45, 7) is 6.22. The van der Waals surface area contributed by atoms with Crippen LogP contribution in [0.4, 0.5) is 5.82 Å². The number of amides is 1. The summed E-state index contributed by atoms with van der Waals surface area (Å²) in [7, 11) is -0.847. The quantitative estimate of drug-likeness (QED) is 0.219. The largest absolute Gasteiger partial charge is 0.459 e. The Hall–Kier alpha value is -3.21. The Morgan fingerprint density at radius 1 is 1.15 bits per heavy atom. The number of rotatable bonds is 12. The Bertz CT molecular complexity index is 1540. The second kappa shape index (κ2) is 12.5. The van der Waals surface area contributed by atoms with Crippen LogP contribution in [0.15, 0.2) is 48.5 Å². The van der Waals surface area contributed by atoms with Crippen LogP contribution in [0.3, 0.4) is 0 Å². The van der Waals surface area contributed by atoms with E-state index in [-0.39, 0.29) is 24.8 Å². The Labute approximate surface area is 238 Å². The van der Waals surface area contributed by atoms with E-state index in [2.05, 4.69) is 10.1 Å². The molecule has 2 heterocycles. The lowest BCUT2D eigenvalue weighted by molar-refractivity contribution is -0.130. The van der Waals surface area contributed by atoms with Gasteiger partial charge in [-0.15, -0.1) is 0 Å². The topological polar surface area (TPSA) is 134 Å². The Morgan fingerprint density at radius 2 is 1.85 bits per heavy atom. The van der Waals surface area contributed by atoms with Crippen molar-refractivity contribution >= 4 is 53.0 Å². The number of hydrogen-bond donors (Lipinski definition) is 2. The molecule has 11 nitrogen and oxygen atoms in total. The van der Waals surface area contributed by atoms with Gasteiger partial charge in [-0.05, 0) is 51.1 Å². The molecule has 0 saturated heterocycles. The number of para-hydroxylation sites is 1. The molecule has 2 aromatic heterocycles. The van der Waals surface area contributed by atoms with Crippen molar-refractivity contribution in [3.8, 4) is 5.75 Å². The highest BCUT2D eigenvalue weighted by molar-refractivity contribution is 7.52. The van der Waals surface area contributed by atoms with Gasteiger partial charge in [0.25, 0.3) is 0 Å². The van der Waals surface area contributed by atoms with E-state index in [1.54, 1.807) is 52.2 Å². The van der Waals surface area contributed by atoms with Crippen LogP contribution in [0.1, 0.15) is 26.6 Å². The summed E-state index contributed by atoms with van der Waals surface area (Å²) < 4.78 is 33.6. The van der Waals surface area contributed by atoms with E-state index < -0.39 is 19.9 Å². The van der Waals surface area contributed by atoms with Crippen molar-refractivity contribution in [2.75, 3.05) is 26.4 Å². The second-order valence-electron chi connectivity index (χ2n) is 9.53. The normalized spacial score (nSPS) is 14.7. The standard InChI is InChI=1S/C27H34ClN6O5P/c1-6-37-16-23-31-24-25(21-9-7-8-10-22(21)30-26(24)29)34(23)15-17(2)38-40(36,32-18(3)27(35)33(4)5)39-20-13-11-19(28)12-14-20/h7-14,17-18H,6,15-16H2,1-5H3,(H2,29,30)(H,32,36)/t17-,18-,40-/m0/s1. The number of pyridine rings is 1. The average molecular weight is 589 g/mol. The number of fused-ring (bicyclic) bond motifs is 3. The highest BCUT2D eigenvalue weighted by Crippen LogP contribution is 2.46. The van der Waals surface area contributed by atoms with Gasteiger partial charge in [0.1, 0.15) is 23.7 Å². The number of benzene rings is 2. The van der Waals surface area contributed by atoms with Crippen LogP contribution < -0.4 is 15.3 Å². The van der Waals surface area contributed by atoms with Gasteiger partial charge in [-0.2, -0.15) is 5.09 Å². The van der Waals surface area contributed by atoms with Crippen molar-refractivity contribution < 1.29 is 23.1 Å². The molecule has 214 valence electrons. The maximum atomic E-state index is 14.1. The Balaban J connectivity index is 1.70. The molecular formula is C27H34ClN6O5P. The van der Waals surface area contributed by atoms with Gasteiger partial charge in [-0.25, -0.2) is 14.5 Å². The fourth-order valence-electron chi connectivity index (χ4n) is 4.32. The number of anilines is 1. The zero-order chi connectivity index (χ0) is 29.0. The molecule has 0 radical (unpaired) electrons. The third-order valence-corrected chi connectivity index (χ3v) is 8.13. The molecule has 13 heteroatoms. The molecule has 4 rings (SSSR count). The first-order chi connectivity index (χ1) is 19.0. The van der Waals surface area contributed by atoms with Gasteiger partial charge >= 0.3 is 7.75 Å². The van der Waals surface area contributed by atoms with Gasteiger partial charge in [-0.3, -0.25) is 9.32 Å². The van der Waals surface area contributed by atoms with E-state index >= 15 is 0 Å². The van der Waals surface area contributed by atoms with Crippen LogP contribution in [0.25, 0.3) is 21.9 Å². The Kier molecular flexibility index (Phi) is 9.33. The summed E-state index contributed by atoms with van der Waals surface area (Å²) in [5.74, 6) is 0.903. The van der Waals surface area contributed by atoms with E-state index in [0.29, 0.717) is 28.8 Å². The van der Waals surface area contributed by atoms with Gasteiger partial charge in [-0.1, -0.05) is 29.8 Å². The van der Waals surface area contributed by atoms with Crippen LogP contribution in [0, 0.1) is 0 Å². The number of aromatic nitrogens is 3. The lowest BCUT2D eigenvalue weighted by Gasteiger charge is -2.27. The summed E-state index contributed by atoms with van der Waals surface area (Å²) in [6, 6.07) is 13.2. The summed E-state index contributed by atoms with van der Waals surface area (Å²) in [5.41, 5.74) is 8.33. The molecule has 0 unspecified atom stereocenters. The molecule has 3 N–H and O–H groups in total. The SMILES string of the molecule is CCOCc1nc2c(N)nc3ccccc3c2n1C[C@H](C)O[P@@](=O)(N[C@@H](C)C(=O)N(C)C)Oc1ccc(Cl)cc1. The first kappa shape index (κ1) is 29.8. The van der Waals surface area contributed by atoms with Crippen molar-refractivity contribution in [3.63, 3.8) is 0 Å². The van der Waals surface area contributed by atoms with Crippen LogP contribution in [-0.4, -0.2) is 58.2 Å². The number of nitrogens with two attached hydrogens (primary N) is 1. The fraction of sp³-hybridized carbons (Fsp3) is 0.370. The van der Waals surface area contributed by atoms with E-state index in [1.807, 2.05) is 35.8 Å². The van der Waals surface area contributed by atoms with Crippen LogP contribution in [0.5, 0.6) is 5.75 Å². The van der Waals surface area contributed by atoms with Crippen molar-refractivity contribution in [2.24, 2.45) is 0 Å². The number of nitrogen functional groups attached to an aromatic ring is 1. The number of carbonyl (C=O) groups excluding carboxylic acids is 1. The maximum Gasteiger partial charge on any atom is 0.459 e. The predicted octanol–water partition coefficient (Wildman–Crippen LogP) is 5.02. The highest BCUT2D eigenvalue weighted by Gasteiger charge is 2.34. The number of halogens is 1. The van der Waals surface area contributed by atoms with E-state index in [0.717, 1.165) is 16.4 Å². The molecule has 1 amide bonds. The lowest BCUT2D eigenvalue weighted by Crippen LogP contribution is -2.41. The van der Waals surface area contributed by atoms with Gasteiger partial charge in [0, 0.05) is 31.1 Å². The number of ether oxygens (including phenoxy) is 1. The molecule has 0 aliphatic heterocycles. The smallest absolute Gasteiger partial charge is 0.413 e. The minimum atomic E-state index is -4.08. The number of hydrogen-bond acceptors (Lipinski definition) is 8. The van der Waals surface area contributed by atoms with Gasteiger partial charge in [0.15, 0.2) is 5.82 Å². The molecule has 0 bridgehead atoms. The van der Waals surface area contributed by atoms with Crippen LogP contribution in [-0.2, 0) is 31.8 Å².